The first-order chi connectivity index (χ1) is 13.0. The fourth-order valence-corrected chi connectivity index (χ4v) is 3.62. The number of aromatic nitrogens is 2. The second kappa shape index (κ2) is 8.09. The van der Waals surface area contributed by atoms with E-state index in [2.05, 4.69) is 15.0 Å². The Morgan fingerprint density at radius 3 is 2.85 bits per heavy atom. The molecule has 0 aliphatic rings. The number of hydrogen-bond acceptors (Lipinski definition) is 7. The van der Waals surface area contributed by atoms with Crippen LogP contribution in [-0.2, 0) is 0 Å². The number of aryl methyl sites for hydroxylation is 2. The molecule has 27 heavy (non-hydrogen) atoms. The molecule has 0 saturated heterocycles. The quantitative estimate of drug-likeness (QED) is 0.518. The number of methoxy groups -OCH3 is 1. The summed E-state index contributed by atoms with van der Waals surface area (Å²) in [5.74, 6) is 0.330. The summed E-state index contributed by atoms with van der Waals surface area (Å²) >= 11 is 1.36. The molecule has 0 fully saturated rings. The number of aromatic hydroxyl groups is 1. The largest absolute Gasteiger partial charge is 0.504 e. The fourth-order valence-electron chi connectivity index (χ4n) is 2.55. The Bertz CT molecular complexity index is 1010. The van der Waals surface area contributed by atoms with Crippen LogP contribution in [0.3, 0.4) is 0 Å². The van der Waals surface area contributed by atoms with E-state index in [1.54, 1.807) is 30.7 Å². The maximum absolute atomic E-state index is 12.5. The lowest BCUT2D eigenvalue weighted by molar-refractivity contribution is 0.100. The molecule has 2 aromatic heterocycles. The van der Waals surface area contributed by atoms with Crippen LogP contribution in [0.5, 0.6) is 11.5 Å². The maximum Gasteiger partial charge on any atom is 0.196 e. The summed E-state index contributed by atoms with van der Waals surface area (Å²) in [6, 6.07) is 6.86. The number of phenolic OH excluding ortho intramolecular Hbond substituents is 1. The number of Topliss-reactive ketones (excluding diaryl/α,β-unsaturated/α-hetero) is 1. The van der Waals surface area contributed by atoms with E-state index in [0.29, 0.717) is 21.9 Å². The van der Waals surface area contributed by atoms with Gasteiger partial charge in [-0.1, -0.05) is 0 Å². The molecule has 1 aromatic carbocycles. The number of aliphatic imine (C=N–C) groups is 1. The first kappa shape index (κ1) is 18.7. The highest BCUT2D eigenvalue weighted by atomic mass is 32.1. The zero-order chi connectivity index (χ0) is 19.4. The molecule has 7 heteroatoms. The predicted molar refractivity (Wildman–Crippen MR) is 106 cm³/mol. The standard InChI is InChI=1S/C20H19N3O3S/c1-12-6-7-21-10-15(12)20-23-13(2)19(27-20)17(25)11-22-9-14-4-5-18(26-3)16(24)8-14/h4-10,24H,11H2,1-3H3. The van der Waals surface area contributed by atoms with Gasteiger partial charge in [0.15, 0.2) is 17.3 Å². The Morgan fingerprint density at radius 1 is 1.33 bits per heavy atom. The number of hydrogen-bond donors (Lipinski definition) is 1. The van der Waals surface area contributed by atoms with Crippen LogP contribution >= 0.6 is 11.3 Å². The first-order valence-corrected chi connectivity index (χ1v) is 9.09. The van der Waals surface area contributed by atoms with E-state index in [1.807, 2.05) is 19.9 Å². The number of carbonyl (C=O) groups excluding carboxylic acids is 1. The Kier molecular flexibility index (Phi) is 5.61. The predicted octanol–water partition coefficient (Wildman–Crippen LogP) is 3.84. The topological polar surface area (TPSA) is 84.7 Å². The minimum atomic E-state index is -0.0909. The van der Waals surface area contributed by atoms with Crippen molar-refractivity contribution in [2.24, 2.45) is 4.99 Å². The van der Waals surface area contributed by atoms with Crippen molar-refractivity contribution in [3.8, 4) is 22.1 Å². The highest BCUT2D eigenvalue weighted by Crippen LogP contribution is 2.30. The van der Waals surface area contributed by atoms with E-state index in [0.717, 1.165) is 16.1 Å². The first-order valence-electron chi connectivity index (χ1n) is 8.28. The average molecular weight is 381 g/mol. The molecule has 138 valence electrons. The van der Waals surface area contributed by atoms with Gasteiger partial charge in [0.1, 0.15) is 11.6 Å². The third kappa shape index (κ3) is 4.20. The van der Waals surface area contributed by atoms with E-state index >= 15 is 0 Å². The van der Waals surface area contributed by atoms with Gasteiger partial charge in [0.2, 0.25) is 0 Å². The summed E-state index contributed by atoms with van der Waals surface area (Å²) in [5.41, 5.74) is 3.38. The van der Waals surface area contributed by atoms with Gasteiger partial charge >= 0.3 is 0 Å². The van der Waals surface area contributed by atoms with E-state index in [-0.39, 0.29) is 18.1 Å². The second-order valence-electron chi connectivity index (χ2n) is 5.95. The smallest absolute Gasteiger partial charge is 0.196 e. The number of carbonyl (C=O) groups is 1. The van der Waals surface area contributed by atoms with Crippen LogP contribution in [0.15, 0.2) is 41.7 Å². The van der Waals surface area contributed by atoms with Crippen LogP contribution < -0.4 is 4.74 Å². The summed E-state index contributed by atoms with van der Waals surface area (Å²) in [7, 11) is 1.49. The van der Waals surface area contributed by atoms with Crippen molar-refractivity contribution in [3.05, 3.63) is 58.4 Å². The minimum absolute atomic E-state index is 0.0152. The zero-order valence-electron chi connectivity index (χ0n) is 15.3. The molecule has 0 atom stereocenters. The van der Waals surface area contributed by atoms with Crippen molar-refractivity contribution in [1.82, 2.24) is 9.97 Å². The van der Waals surface area contributed by atoms with Crippen molar-refractivity contribution in [1.29, 1.82) is 0 Å². The average Bonchev–Trinajstić information content (AvgIpc) is 3.04. The Hall–Kier alpha value is -3.06. The number of thiazole rings is 1. The molecular formula is C20H19N3O3S. The van der Waals surface area contributed by atoms with Gasteiger partial charge in [0.05, 0.1) is 17.7 Å². The van der Waals surface area contributed by atoms with Crippen molar-refractivity contribution in [2.45, 2.75) is 13.8 Å². The lowest BCUT2D eigenvalue weighted by atomic mass is 10.2. The molecular weight excluding hydrogens is 362 g/mol. The number of ether oxygens (including phenoxy) is 1. The third-order valence-corrected chi connectivity index (χ3v) is 5.23. The Labute approximate surface area is 161 Å². The summed E-state index contributed by atoms with van der Waals surface area (Å²) in [4.78, 5) is 26.0. The molecule has 0 aliphatic heterocycles. The van der Waals surface area contributed by atoms with Crippen molar-refractivity contribution < 1.29 is 14.6 Å². The molecule has 3 rings (SSSR count). The molecule has 6 nitrogen and oxygen atoms in total. The summed E-state index contributed by atoms with van der Waals surface area (Å²) in [5, 5.41) is 10.6. The monoisotopic (exact) mass is 381 g/mol. The van der Waals surface area contributed by atoms with Crippen LogP contribution in [0.2, 0.25) is 0 Å². The highest BCUT2D eigenvalue weighted by molar-refractivity contribution is 7.17. The van der Waals surface area contributed by atoms with E-state index in [4.69, 9.17) is 4.74 Å². The van der Waals surface area contributed by atoms with Gasteiger partial charge in [0, 0.05) is 24.2 Å². The summed E-state index contributed by atoms with van der Waals surface area (Å²) in [6.45, 7) is 3.83. The summed E-state index contributed by atoms with van der Waals surface area (Å²) in [6.07, 6.45) is 5.05. The van der Waals surface area contributed by atoms with Crippen molar-refractivity contribution >= 4 is 23.3 Å². The van der Waals surface area contributed by atoms with Crippen LogP contribution in [0.4, 0.5) is 0 Å². The normalized spacial score (nSPS) is 11.1. The van der Waals surface area contributed by atoms with Gasteiger partial charge in [-0.2, -0.15) is 0 Å². The minimum Gasteiger partial charge on any atom is -0.504 e. The SMILES string of the molecule is COc1ccc(C=NCC(=O)c2sc(-c3cnccc3C)nc2C)cc1O. The molecule has 3 aromatic rings. The molecule has 2 heterocycles. The molecule has 0 radical (unpaired) electrons. The molecule has 0 spiro atoms. The van der Waals surface area contributed by atoms with Gasteiger partial charge in [-0.25, -0.2) is 4.98 Å². The van der Waals surface area contributed by atoms with Gasteiger partial charge in [-0.05, 0) is 49.2 Å². The number of pyridine rings is 1. The number of phenols is 1. The van der Waals surface area contributed by atoms with Gasteiger partial charge < -0.3 is 9.84 Å². The van der Waals surface area contributed by atoms with E-state index < -0.39 is 0 Å². The highest BCUT2D eigenvalue weighted by Gasteiger charge is 2.16. The second-order valence-corrected chi connectivity index (χ2v) is 6.95. The molecule has 0 amide bonds. The molecule has 0 bridgehead atoms. The third-order valence-electron chi connectivity index (χ3n) is 4.00. The van der Waals surface area contributed by atoms with Gasteiger partial charge in [-0.15, -0.1) is 11.3 Å². The number of nitrogens with zero attached hydrogens (tertiary/aromatic N) is 3. The van der Waals surface area contributed by atoms with E-state index in [1.165, 1.54) is 24.5 Å². The maximum atomic E-state index is 12.5. The number of benzene rings is 1. The van der Waals surface area contributed by atoms with Gasteiger partial charge in [-0.3, -0.25) is 14.8 Å². The van der Waals surface area contributed by atoms with Crippen molar-refractivity contribution in [3.63, 3.8) is 0 Å². The fraction of sp³-hybridized carbons (Fsp3) is 0.200. The molecule has 0 unspecified atom stereocenters. The van der Waals surface area contributed by atoms with E-state index in [9.17, 15) is 9.90 Å². The number of ketones is 1. The molecule has 0 saturated carbocycles. The Morgan fingerprint density at radius 2 is 2.15 bits per heavy atom. The van der Waals surface area contributed by atoms with Gasteiger partial charge in [0.25, 0.3) is 0 Å². The lowest BCUT2D eigenvalue weighted by Gasteiger charge is -2.02. The summed E-state index contributed by atoms with van der Waals surface area (Å²) < 4.78 is 5.00. The van der Waals surface area contributed by atoms with Crippen molar-refractivity contribution in [2.75, 3.05) is 13.7 Å². The van der Waals surface area contributed by atoms with Crippen LogP contribution in [0, 0.1) is 13.8 Å². The molecule has 0 aliphatic carbocycles. The Balaban J connectivity index is 1.73. The zero-order valence-corrected chi connectivity index (χ0v) is 16.1. The molecule has 1 N–H and O–H groups in total. The van der Waals surface area contributed by atoms with Crippen LogP contribution in [0.1, 0.15) is 26.5 Å². The number of rotatable bonds is 6. The van der Waals surface area contributed by atoms with Crippen LogP contribution in [-0.4, -0.2) is 40.7 Å². The lowest BCUT2D eigenvalue weighted by Crippen LogP contribution is -2.03. The van der Waals surface area contributed by atoms with Crippen LogP contribution in [0.25, 0.3) is 10.6 Å².